The van der Waals surface area contributed by atoms with Crippen LogP contribution < -0.4 is 5.73 Å². The van der Waals surface area contributed by atoms with Crippen molar-refractivity contribution in [3.05, 3.63) is 60.2 Å². The molecule has 0 aliphatic rings. The van der Waals surface area contributed by atoms with Crippen molar-refractivity contribution in [2.75, 3.05) is 0 Å². The minimum absolute atomic E-state index is 0.303. The molecule has 0 bridgehead atoms. The number of imidazole rings is 1. The number of hydrogen-bond acceptors (Lipinski definition) is 3. The molecule has 1 atom stereocenters. The number of hydrogen-bond donors (Lipinski definition) is 1. The fourth-order valence-corrected chi connectivity index (χ4v) is 3.36. The molecule has 0 unspecified atom stereocenters. The molecule has 1 aromatic heterocycles. The molecule has 118 valence electrons. The minimum atomic E-state index is -0.323. The molecule has 2 N–H and O–H groups in total. The fourth-order valence-electron chi connectivity index (χ4n) is 2.46. The molecule has 0 aliphatic carbocycles. The molecule has 3 aromatic rings. The lowest BCUT2D eigenvalue weighted by Crippen LogP contribution is -2.23. The number of aryl methyl sites for hydroxylation is 2. The highest BCUT2D eigenvalue weighted by Gasteiger charge is 2.17. The predicted molar refractivity (Wildman–Crippen MR) is 94.4 cm³/mol. The Morgan fingerprint density at radius 1 is 1.17 bits per heavy atom. The number of rotatable bonds is 6. The van der Waals surface area contributed by atoms with Crippen molar-refractivity contribution in [3.8, 4) is 0 Å². The van der Waals surface area contributed by atoms with Gasteiger partial charge in [-0.25, -0.2) is 4.98 Å². The monoisotopic (exact) mass is 325 g/mol. The zero-order valence-corrected chi connectivity index (χ0v) is 13.8. The number of para-hydroxylation sites is 2. The van der Waals surface area contributed by atoms with E-state index in [0.29, 0.717) is 0 Å². The SMILES string of the molecule is C[C@@H](Sc1nc2ccccc2n1CCc1ccccc1)C(N)=O. The highest BCUT2D eigenvalue weighted by Crippen LogP contribution is 2.27. The second-order valence-corrected chi connectivity index (χ2v) is 6.74. The first-order chi connectivity index (χ1) is 11.1. The largest absolute Gasteiger partial charge is 0.369 e. The van der Waals surface area contributed by atoms with Crippen molar-refractivity contribution in [2.45, 2.75) is 30.3 Å². The van der Waals surface area contributed by atoms with Gasteiger partial charge in [0.25, 0.3) is 0 Å². The molecular formula is C18H19N3OS. The van der Waals surface area contributed by atoms with E-state index >= 15 is 0 Å². The number of aromatic nitrogens is 2. The van der Waals surface area contributed by atoms with Crippen molar-refractivity contribution < 1.29 is 4.79 Å². The first kappa shape index (κ1) is 15.6. The second-order valence-electron chi connectivity index (χ2n) is 5.43. The Balaban J connectivity index is 1.91. The van der Waals surface area contributed by atoms with E-state index in [1.165, 1.54) is 17.3 Å². The van der Waals surface area contributed by atoms with Crippen LogP contribution in [0, 0.1) is 0 Å². The molecule has 5 heteroatoms. The van der Waals surface area contributed by atoms with E-state index in [1.807, 2.05) is 43.3 Å². The number of amides is 1. The number of nitrogens with zero attached hydrogens (tertiary/aromatic N) is 2. The number of carbonyl (C=O) groups excluding carboxylic acids is 1. The van der Waals surface area contributed by atoms with Crippen molar-refractivity contribution in [1.82, 2.24) is 9.55 Å². The zero-order valence-electron chi connectivity index (χ0n) is 13.0. The van der Waals surface area contributed by atoms with Gasteiger partial charge in [-0.2, -0.15) is 0 Å². The van der Waals surface area contributed by atoms with E-state index < -0.39 is 0 Å². The van der Waals surface area contributed by atoms with E-state index in [9.17, 15) is 4.79 Å². The Kier molecular flexibility index (Phi) is 4.67. The molecule has 0 radical (unpaired) electrons. The molecule has 1 amide bonds. The third kappa shape index (κ3) is 3.56. The van der Waals surface area contributed by atoms with Gasteiger partial charge < -0.3 is 10.3 Å². The van der Waals surface area contributed by atoms with Gasteiger partial charge in [-0.1, -0.05) is 54.2 Å². The maximum atomic E-state index is 11.4. The molecule has 3 rings (SSSR count). The lowest BCUT2D eigenvalue weighted by atomic mass is 10.1. The number of fused-ring (bicyclic) bond motifs is 1. The van der Waals surface area contributed by atoms with Gasteiger partial charge >= 0.3 is 0 Å². The molecule has 0 saturated carbocycles. The average molecular weight is 325 g/mol. The second kappa shape index (κ2) is 6.87. The van der Waals surface area contributed by atoms with Crippen LogP contribution in [-0.4, -0.2) is 20.7 Å². The Morgan fingerprint density at radius 2 is 1.87 bits per heavy atom. The van der Waals surface area contributed by atoms with Crippen LogP contribution in [0.5, 0.6) is 0 Å². The van der Waals surface area contributed by atoms with Crippen LogP contribution in [0.3, 0.4) is 0 Å². The molecule has 4 nitrogen and oxygen atoms in total. The quantitative estimate of drug-likeness (QED) is 0.708. The summed E-state index contributed by atoms with van der Waals surface area (Å²) in [4.78, 5) is 16.0. The van der Waals surface area contributed by atoms with Crippen molar-refractivity contribution in [1.29, 1.82) is 0 Å². The number of nitrogens with two attached hydrogens (primary N) is 1. The third-order valence-corrected chi connectivity index (χ3v) is 4.88. The minimum Gasteiger partial charge on any atom is -0.369 e. The van der Waals surface area contributed by atoms with E-state index in [2.05, 4.69) is 27.8 Å². The third-order valence-electron chi connectivity index (χ3n) is 3.77. The summed E-state index contributed by atoms with van der Waals surface area (Å²) >= 11 is 1.42. The number of primary amides is 1. The lowest BCUT2D eigenvalue weighted by Gasteiger charge is -2.11. The van der Waals surface area contributed by atoms with Crippen LogP contribution in [0.2, 0.25) is 0 Å². The molecule has 0 saturated heterocycles. The lowest BCUT2D eigenvalue weighted by molar-refractivity contribution is -0.117. The Labute approximate surface area is 139 Å². The normalized spacial score (nSPS) is 12.4. The summed E-state index contributed by atoms with van der Waals surface area (Å²) in [5, 5.41) is 0.538. The smallest absolute Gasteiger partial charge is 0.230 e. The van der Waals surface area contributed by atoms with Gasteiger partial charge in [-0.05, 0) is 31.0 Å². The Hall–Kier alpha value is -2.27. The maximum absolute atomic E-state index is 11.4. The van der Waals surface area contributed by atoms with Crippen LogP contribution in [0.4, 0.5) is 0 Å². The topological polar surface area (TPSA) is 60.9 Å². The number of thioether (sulfide) groups is 1. The molecule has 23 heavy (non-hydrogen) atoms. The summed E-state index contributed by atoms with van der Waals surface area (Å²) < 4.78 is 2.17. The summed E-state index contributed by atoms with van der Waals surface area (Å²) in [6.45, 7) is 2.63. The van der Waals surface area contributed by atoms with Crippen molar-refractivity contribution in [2.24, 2.45) is 5.73 Å². The van der Waals surface area contributed by atoms with Crippen LogP contribution in [0.15, 0.2) is 59.8 Å². The van der Waals surface area contributed by atoms with Crippen molar-refractivity contribution >= 4 is 28.7 Å². The van der Waals surface area contributed by atoms with Gasteiger partial charge in [-0.15, -0.1) is 0 Å². The predicted octanol–water partition coefficient (Wildman–Crippen LogP) is 3.24. The van der Waals surface area contributed by atoms with E-state index in [0.717, 1.165) is 29.2 Å². The Bertz CT molecular complexity index is 814. The van der Waals surface area contributed by atoms with E-state index in [-0.39, 0.29) is 11.2 Å². The molecular weight excluding hydrogens is 306 g/mol. The van der Waals surface area contributed by atoms with Crippen LogP contribution in [0.1, 0.15) is 12.5 Å². The molecule has 0 spiro atoms. The molecule has 0 aliphatic heterocycles. The summed E-state index contributed by atoms with van der Waals surface area (Å²) in [5.41, 5.74) is 8.71. The van der Waals surface area contributed by atoms with Gasteiger partial charge in [0.05, 0.1) is 16.3 Å². The molecule has 2 aromatic carbocycles. The average Bonchev–Trinajstić information content (AvgIpc) is 2.91. The van der Waals surface area contributed by atoms with E-state index in [1.54, 1.807) is 0 Å². The van der Waals surface area contributed by atoms with Gasteiger partial charge in [0.1, 0.15) is 0 Å². The number of benzene rings is 2. The highest BCUT2D eigenvalue weighted by atomic mass is 32.2. The van der Waals surface area contributed by atoms with Gasteiger partial charge in [-0.3, -0.25) is 4.79 Å². The number of carbonyl (C=O) groups is 1. The Morgan fingerprint density at radius 3 is 2.61 bits per heavy atom. The first-order valence-electron chi connectivity index (χ1n) is 7.60. The summed E-state index contributed by atoms with van der Waals surface area (Å²) in [5.74, 6) is -0.323. The van der Waals surface area contributed by atoms with Gasteiger partial charge in [0.15, 0.2) is 5.16 Å². The zero-order chi connectivity index (χ0) is 16.2. The molecule has 0 fully saturated rings. The van der Waals surface area contributed by atoms with Crippen LogP contribution in [-0.2, 0) is 17.8 Å². The van der Waals surface area contributed by atoms with Crippen molar-refractivity contribution in [3.63, 3.8) is 0 Å². The van der Waals surface area contributed by atoms with Crippen LogP contribution in [0.25, 0.3) is 11.0 Å². The molecule has 1 heterocycles. The fraction of sp³-hybridized carbons (Fsp3) is 0.222. The van der Waals surface area contributed by atoms with E-state index in [4.69, 9.17) is 5.73 Å². The van der Waals surface area contributed by atoms with Gasteiger partial charge in [0, 0.05) is 6.54 Å². The maximum Gasteiger partial charge on any atom is 0.230 e. The summed E-state index contributed by atoms with van der Waals surface area (Å²) in [6, 6.07) is 18.4. The highest BCUT2D eigenvalue weighted by molar-refractivity contribution is 8.00. The summed E-state index contributed by atoms with van der Waals surface area (Å²) in [7, 11) is 0. The first-order valence-corrected chi connectivity index (χ1v) is 8.48. The standard InChI is InChI=1S/C18H19N3OS/c1-13(17(19)22)23-18-20-15-9-5-6-10-16(15)21(18)12-11-14-7-3-2-4-8-14/h2-10,13H,11-12H2,1H3,(H2,19,22)/t13-/m1/s1. The van der Waals surface area contributed by atoms with Crippen LogP contribution >= 0.6 is 11.8 Å². The van der Waals surface area contributed by atoms with Gasteiger partial charge in [0.2, 0.25) is 5.91 Å². The summed E-state index contributed by atoms with van der Waals surface area (Å²) in [6.07, 6.45) is 0.916.